The molecule has 0 aliphatic rings. The van der Waals surface area contributed by atoms with Gasteiger partial charge in [-0.2, -0.15) is 10.1 Å². The van der Waals surface area contributed by atoms with E-state index in [0.717, 1.165) is 10.8 Å². The van der Waals surface area contributed by atoms with E-state index in [-0.39, 0.29) is 5.91 Å². The summed E-state index contributed by atoms with van der Waals surface area (Å²) >= 11 is 0. The van der Waals surface area contributed by atoms with Gasteiger partial charge in [-0.15, -0.1) is 0 Å². The minimum Gasteiger partial charge on any atom is -0.398 e. The van der Waals surface area contributed by atoms with Crippen LogP contribution in [-0.4, -0.2) is 20.7 Å². The number of amides is 1. The van der Waals surface area contributed by atoms with Gasteiger partial charge in [0.25, 0.3) is 5.91 Å². The van der Waals surface area contributed by atoms with Crippen LogP contribution in [0.15, 0.2) is 42.7 Å². The zero-order valence-electron chi connectivity index (χ0n) is 10.9. The van der Waals surface area contributed by atoms with Gasteiger partial charge in [-0.3, -0.25) is 10.1 Å². The molecule has 0 spiro atoms. The molecule has 0 radical (unpaired) electrons. The molecule has 1 aromatic heterocycles. The standard InChI is InChI=1S/C14H13N5O/c1-19-14(16-8-17-19)18-13(20)11-6-9-4-2-3-5-10(9)7-12(11)15/h2-8H,15H2,1H3,(H,16,17,18,20). The first-order chi connectivity index (χ1) is 9.65. The maximum absolute atomic E-state index is 12.3. The van der Waals surface area contributed by atoms with E-state index in [9.17, 15) is 4.79 Å². The van der Waals surface area contributed by atoms with Crippen molar-refractivity contribution in [2.45, 2.75) is 0 Å². The van der Waals surface area contributed by atoms with Crippen LogP contribution < -0.4 is 11.1 Å². The highest BCUT2D eigenvalue weighted by Crippen LogP contribution is 2.22. The number of benzene rings is 2. The molecule has 1 amide bonds. The van der Waals surface area contributed by atoms with Crippen LogP contribution in [-0.2, 0) is 7.05 Å². The van der Waals surface area contributed by atoms with Crippen LogP contribution in [0.2, 0.25) is 0 Å². The number of nitrogens with one attached hydrogen (secondary N) is 1. The number of aryl methyl sites for hydroxylation is 1. The number of hydrogen-bond acceptors (Lipinski definition) is 4. The van der Waals surface area contributed by atoms with Crippen LogP contribution >= 0.6 is 0 Å². The molecule has 6 heteroatoms. The number of carbonyl (C=O) groups excluding carboxylic acids is 1. The summed E-state index contributed by atoms with van der Waals surface area (Å²) in [7, 11) is 1.70. The van der Waals surface area contributed by atoms with E-state index < -0.39 is 0 Å². The van der Waals surface area contributed by atoms with Crippen molar-refractivity contribution >= 4 is 28.3 Å². The molecule has 3 rings (SSSR count). The van der Waals surface area contributed by atoms with Gasteiger partial charge in [0.05, 0.1) is 5.56 Å². The van der Waals surface area contributed by atoms with Crippen molar-refractivity contribution in [1.82, 2.24) is 14.8 Å². The number of nitrogen functional groups attached to an aromatic ring is 1. The molecule has 0 fully saturated rings. The highest BCUT2D eigenvalue weighted by Gasteiger charge is 2.13. The van der Waals surface area contributed by atoms with E-state index in [1.165, 1.54) is 11.0 Å². The monoisotopic (exact) mass is 267 g/mol. The van der Waals surface area contributed by atoms with Crippen LogP contribution in [0.3, 0.4) is 0 Å². The molecule has 2 aromatic carbocycles. The Bertz CT molecular complexity index is 793. The number of fused-ring (bicyclic) bond motifs is 1. The van der Waals surface area contributed by atoms with Crippen molar-refractivity contribution in [1.29, 1.82) is 0 Å². The Balaban J connectivity index is 1.99. The molecule has 1 heterocycles. The second-order valence-electron chi connectivity index (χ2n) is 4.45. The van der Waals surface area contributed by atoms with E-state index >= 15 is 0 Å². The molecule has 0 aliphatic heterocycles. The van der Waals surface area contributed by atoms with Crippen LogP contribution in [0, 0.1) is 0 Å². The highest BCUT2D eigenvalue weighted by atomic mass is 16.1. The van der Waals surface area contributed by atoms with Crippen LogP contribution in [0.4, 0.5) is 11.6 Å². The Morgan fingerprint density at radius 2 is 1.95 bits per heavy atom. The van der Waals surface area contributed by atoms with Crippen LogP contribution in [0.5, 0.6) is 0 Å². The predicted octanol–water partition coefficient (Wildman–Crippen LogP) is 1.80. The lowest BCUT2D eigenvalue weighted by atomic mass is 10.0. The van der Waals surface area contributed by atoms with Crippen LogP contribution in [0.25, 0.3) is 10.8 Å². The second-order valence-corrected chi connectivity index (χ2v) is 4.45. The maximum Gasteiger partial charge on any atom is 0.260 e. The smallest absolute Gasteiger partial charge is 0.260 e. The first-order valence-corrected chi connectivity index (χ1v) is 6.09. The van der Waals surface area contributed by atoms with Crippen molar-refractivity contribution in [2.75, 3.05) is 11.1 Å². The SMILES string of the molecule is Cn1ncnc1NC(=O)c1cc2ccccc2cc1N. The molecule has 3 aromatic rings. The second kappa shape index (κ2) is 4.65. The third kappa shape index (κ3) is 2.07. The molecule has 0 bridgehead atoms. The lowest BCUT2D eigenvalue weighted by molar-refractivity contribution is 0.102. The van der Waals surface area contributed by atoms with Gasteiger partial charge in [-0.05, 0) is 22.9 Å². The minimum absolute atomic E-state index is 0.302. The zero-order chi connectivity index (χ0) is 14.1. The molecular formula is C14H13N5O. The Morgan fingerprint density at radius 3 is 2.60 bits per heavy atom. The van der Waals surface area contributed by atoms with Crippen molar-refractivity contribution < 1.29 is 4.79 Å². The number of aromatic nitrogens is 3. The molecular weight excluding hydrogens is 254 g/mol. The highest BCUT2D eigenvalue weighted by molar-refractivity contribution is 6.09. The van der Waals surface area contributed by atoms with Gasteiger partial charge in [-0.1, -0.05) is 24.3 Å². The molecule has 100 valence electrons. The Hall–Kier alpha value is -2.89. The molecule has 3 N–H and O–H groups in total. The van der Waals surface area contributed by atoms with Gasteiger partial charge in [-0.25, -0.2) is 4.68 Å². The average molecular weight is 267 g/mol. The minimum atomic E-state index is -0.302. The fourth-order valence-corrected chi connectivity index (χ4v) is 2.03. The van der Waals surface area contributed by atoms with Gasteiger partial charge in [0.1, 0.15) is 6.33 Å². The van der Waals surface area contributed by atoms with E-state index in [4.69, 9.17) is 5.73 Å². The topological polar surface area (TPSA) is 85.8 Å². The summed E-state index contributed by atoms with van der Waals surface area (Å²) in [6, 6.07) is 11.3. The number of nitrogens with zero attached hydrogens (tertiary/aromatic N) is 3. The van der Waals surface area contributed by atoms with Gasteiger partial charge < -0.3 is 5.73 Å². The van der Waals surface area contributed by atoms with E-state index in [1.54, 1.807) is 19.2 Å². The normalized spacial score (nSPS) is 10.7. The average Bonchev–Trinajstić information content (AvgIpc) is 2.83. The van der Waals surface area contributed by atoms with Crippen molar-refractivity contribution in [2.24, 2.45) is 7.05 Å². The van der Waals surface area contributed by atoms with E-state index in [1.807, 2.05) is 24.3 Å². The molecule has 0 aliphatic carbocycles. The summed E-state index contributed by atoms with van der Waals surface area (Å²) < 4.78 is 1.48. The summed E-state index contributed by atoms with van der Waals surface area (Å²) in [5.41, 5.74) is 6.81. The third-order valence-corrected chi connectivity index (χ3v) is 3.10. The zero-order valence-corrected chi connectivity index (χ0v) is 10.9. The summed E-state index contributed by atoms with van der Waals surface area (Å²) in [5, 5.41) is 8.54. The number of anilines is 2. The Morgan fingerprint density at radius 1 is 1.25 bits per heavy atom. The van der Waals surface area contributed by atoms with Crippen molar-refractivity contribution in [3.8, 4) is 0 Å². The summed E-state index contributed by atoms with van der Waals surface area (Å²) in [6.45, 7) is 0. The lowest BCUT2D eigenvalue weighted by Crippen LogP contribution is -2.17. The molecule has 0 saturated carbocycles. The van der Waals surface area contributed by atoms with Crippen LogP contribution in [0.1, 0.15) is 10.4 Å². The predicted molar refractivity (Wildman–Crippen MR) is 77.3 cm³/mol. The third-order valence-electron chi connectivity index (χ3n) is 3.10. The van der Waals surface area contributed by atoms with Crippen molar-refractivity contribution in [3.05, 3.63) is 48.3 Å². The fourth-order valence-electron chi connectivity index (χ4n) is 2.03. The fraction of sp³-hybridized carbons (Fsp3) is 0.0714. The molecule has 0 unspecified atom stereocenters. The molecule has 6 nitrogen and oxygen atoms in total. The van der Waals surface area contributed by atoms with E-state index in [2.05, 4.69) is 15.4 Å². The Labute approximate surface area is 115 Å². The van der Waals surface area contributed by atoms with Gasteiger partial charge in [0.15, 0.2) is 0 Å². The number of hydrogen-bond donors (Lipinski definition) is 2. The van der Waals surface area contributed by atoms with E-state index in [0.29, 0.717) is 17.2 Å². The quantitative estimate of drug-likeness (QED) is 0.693. The maximum atomic E-state index is 12.3. The number of nitrogens with two attached hydrogens (primary N) is 1. The Kier molecular flexibility index (Phi) is 2.83. The van der Waals surface area contributed by atoms with Gasteiger partial charge in [0, 0.05) is 12.7 Å². The van der Waals surface area contributed by atoms with Gasteiger partial charge >= 0.3 is 0 Å². The first-order valence-electron chi connectivity index (χ1n) is 6.09. The summed E-state index contributed by atoms with van der Waals surface area (Å²) in [4.78, 5) is 16.2. The summed E-state index contributed by atoms with van der Waals surface area (Å²) in [6.07, 6.45) is 1.37. The first kappa shape index (κ1) is 12.2. The van der Waals surface area contributed by atoms with Crippen molar-refractivity contribution in [3.63, 3.8) is 0 Å². The number of rotatable bonds is 2. The molecule has 0 saturated heterocycles. The summed E-state index contributed by atoms with van der Waals surface area (Å²) in [5.74, 6) is 0.0758. The lowest BCUT2D eigenvalue weighted by Gasteiger charge is -2.08. The largest absolute Gasteiger partial charge is 0.398 e. The molecule has 20 heavy (non-hydrogen) atoms. The molecule has 0 atom stereocenters. The number of carbonyl (C=O) groups is 1. The van der Waals surface area contributed by atoms with Gasteiger partial charge in [0.2, 0.25) is 5.95 Å².